The van der Waals surface area contributed by atoms with Gasteiger partial charge >= 0.3 is 0 Å². The first-order valence-corrected chi connectivity index (χ1v) is 12.4. The first-order valence-electron chi connectivity index (χ1n) is 12.4. The summed E-state index contributed by atoms with van der Waals surface area (Å²) in [7, 11) is 1.81. The number of aromatic hydroxyl groups is 1. The Balaban J connectivity index is 1.44. The Morgan fingerprint density at radius 2 is 2.20 bits per heavy atom. The molecule has 2 bridgehead atoms. The van der Waals surface area contributed by atoms with Crippen molar-refractivity contribution in [2.45, 2.75) is 55.4 Å². The molecule has 3 heterocycles. The summed E-state index contributed by atoms with van der Waals surface area (Å²) in [5, 5.41) is 23.4. The zero-order chi connectivity index (χ0) is 24.5. The molecule has 2 aliphatic heterocycles. The summed E-state index contributed by atoms with van der Waals surface area (Å²) in [5.74, 6) is 0.432. The van der Waals surface area contributed by atoms with Crippen LogP contribution in [0.15, 0.2) is 53.9 Å². The number of phenolic OH excluding ortho intramolecular Hbond substituents is 1. The molecule has 4 aliphatic rings. The van der Waals surface area contributed by atoms with Crippen LogP contribution in [-0.2, 0) is 16.6 Å². The molecule has 1 aromatic carbocycles. The zero-order valence-corrected chi connectivity index (χ0v) is 20.2. The van der Waals surface area contributed by atoms with E-state index in [1.165, 1.54) is 0 Å². The number of amides is 1. The molecule has 0 unspecified atom stereocenters. The van der Waals surface area contributed by atoms with Crippen molar-refractivity contribution < 1.29 is 24.2 Å². The number of hydrogen-bond donors (Lipinski definition) is 2. The summed E-state index contributed by atoms with van der Waals surface area (Å²) in [6.45, 7) is 7.54. The molecule has 1 saturated heterocycles. The van der Waals surface area contributed by atoms with Crippen LogP contribution in [-0.4, -0.2) is 69.8 Å². The molecule has 2 aromatic rings. The molecule has 7 nitrogen and oxygen atoms in total. The Kier molecular flexibility index (Phi) is 4.96. The van der Waals surface area contributed by atoms with Gasteiger partial charge in [-0.05, 0) is 55.5 Å². The summed E-state index contributed by atoms with van der Waals surface area (Å²) >= 11 is 0. The normalized spacial score (nSPS) is 34.9. The first-order chi connectivity index (χ1) is 16.8. The van der Waals surface area contributed by atoms with Gasteiger partial charge in [0.2, 0.25) is 5.91 Å². The lowest BCUT2D eigenvalue weighted by Crippen LogP contribution is -2.79. The number of hydrogen-bond acceptors (Lipinski definition) is 6. The standard InChI is InChI=1S/C28H32N2O5/c1-4-11-30-12-10-27-23-19-6-7-20(31)25(23)35-26(27)24(17(2)15-28(27,33)21(30)14-19)29(3)22(32)8-5-18-9-13-34-16-18/h4-9,13,16-17,21,24,26,31,33H,1,10-12,14-15H2,2-3H3/b8-5+/t17-,21-,24+,26+,27+,28-/m1/s1. The highest BCUT2D eigenvalue weighted by Crippen LogP contribution is 2.66. The number of benzene rings is 1. The van der Waals surface area contributed by atoms with Crippen molar-refractivity contribution in [3.05, 3.63) is 66.1 Å². The van der Waals surface area contributed by atoms with Crippen molar-refractivity contribution >= 4 is 12.0 Å². The maximum Gasteiger partial charge on any atom is 0.246 e. The molecular weight excluding hydrogens is 444 g/mol. The van der Waals surface area contributed by atoms with Crippen LogP contribution in [0.25, 0.3) is 6.08 Å². The molecule has 7 heteroatoms. The molecule has 184 valence electrons. The number of ether oxygens (including phenoxy) is 1. The van der Waals surface area contributed by atoms with E-state index in [1.54, 1.807) is 41.7 Å². The van der Waals surface area contributed by atoms with Crippen molar-refractivity contribution in [1.82, 2.24) is 9.80 Å². The fraction of sp³-hybridized carbons (Fsp3) is 0.464. The van der Waals surface area contributed by atoms with Crippen LogP contribution in [0.2, 0.25) is 0 Å². The number of carbonyl (C=O) groups excluding carboxylic acids is 1. The molecule has 6 atom stereocenters. The molecule has 6 rings (SSSR count). The topological polar surface area (TPSA) is 86.4 Å². The minimum absolute atomic E-state index is 0.0152. The largest absolute Gasteiger partial charge is 0.504 e. The summed E-state index contributed by atoms with van der Waals surface area (Å²) < 4.78 is 11.7. The highest BCUT2D eigenvalue weighted by molar-refractivity contribution is 5.92. The second-order valence-electron chi connectivity index (χ2n) is 10.6. The fourth-order valence-corrected chi connectivity index (χ4v) is 7.65. The minimum Gasteiger partial charge on any atom is -0.504 e. The van der Waals surface area contributed by atoms with E-state index >= 15 is 0 Å². The van der Waals surface area contributed by atoms with E-state index in [1.807, 2.05) is 19.2 Å². The first kappa shape index (κ1) is 22.4. The summed E-state index contributed by atoms with van der Waals surface area (Å²) in [4.78, 5) is 17.4. The van der Waals surface area contributed by atoms with Crippen LogP contribution in [0.3, 0.4) is 0 Å². The van der Waals surface area contributed by atoms with E-state index in [-0.39, 0.29) is 29.7 Å². The number of likely N-dealkylation sites (N-methyl/N-ethyl adjacent to an activating group) is 1. The number of piperidine rings is 1. The minimum atomic E-state index is -1.03. The van der Waals surface area contributed by atoms with Crippen molar-refractivity contribution in [2.24, 2.45) is 5.92 Å². The Hall–Kier alpha value is -3.03. The third-order valence-electron chi connectivity index (χ3n) is 9.02. The van der Waals surface area contributed by atoms with Crippen LogP contribution in [0.5, 0.6) is 11.5 Å². The highest BCUT2D eigenvalue weighted by Gasteiger charge is 2.74. The monoisotopic (exact) mass is 476 g/mol. The lowest BCUT2D eigenvalue weighted by Gasteiger charge is -2.65. The second-order valence-corrected chi connectivity index (χ2v) is 10.6. The second kappa shape index (κ2) is 7.73. The van der Waals surface area contributed by atoms with E-state index in [0.29, 0.717) is 31.6 Å². The van der Waals surface area contributed by atoms with E-state index in [9.17, 15) is 15.0 Å². The van der Waals surface area contributed by atoms with Gasteiger partial charge in [-0.3, -0.25) is 9.69 Å². The van der Waals surface area contributed by atoms with Crippen molar-refractivity contribution in [3.8, 4) is 11.5 Å². The molecule has 2 fully saturated rings. The van der Waals surface area contributed by atoms with Gasteiger partial charge in [0.05, 0.1) is 29.6 Å². The van der Waals surface area contributed by atoms with Gasteiger partial charge in [0.25, 0.3) is 0 Å². The molecule has 1 aromatic heterocycles. The molecule has 1 amide bonds. The quantitative estimate of drug-likeness (QED) is 0.510. The average Bonchev–Trinajstić information content (AvgIpc) is 3.46. The van der Waals surface area contributed by atoms with Crippen LogP contribution >= 0.6 is 0 Å². The number of carbonyl (C=O) groups is 1. The molecule has 35 heavy (non-hydrogen) atoms. The number of furan rings is 1. The molecule has 0 radical (unpaired) electrons. The van der Waals surface area contributed by atoms with E-state index in [0.717, 1.165) is 23.2 Å². The average molecular weight is 477 g/mol. The van der Waals surface area contributed by atoms with Crippen LogP contribution in [0.4, 0.5) is 0 Å². The predicted molar refractivity (Wildman–Crippen MR) is 131 cm³/mol. The van der Waals surface area contributed by atoms with Gasteiger partial charge in [0.1, 0.15) is 6.10 Å². The highest BCUT2D eigenvalue weighted by atomic mass is 16.5. The van der Waals surface area contributed by atoms with Crippen LogP contribution < -0.4 is 4.74 Å². The summed E-state index contributed by atoms with van der Waals surface area (Å²) in [5.41, 5.74) is 1.17. The van der Waals surface area contributed by atoms with Crippen molar-refractivity contribution in [3.63, 3.8) is 0 Å². The van der Waals surface area contributed by atoms with Gasteiger partial charge < -0.3 is 24.3 Å². The summed E-state index contributed by atoms with van der Waals surface area (Å²) in [6, 6.07) is 5.13. The van der Waals surface area contributed by atoms with Crippen molar-refractivity contribution in [1.29, 1.82) is 0 Å². The van der Waals surface area contributed by atoms with Crippen LogP contribution in [0, 0.1) is 5.92 Å². The summed E-state index contributed by atoms with van der Waals surface area (Å²) in [6.07, 6.45) is 9.84. The third kappa shape index (κ3) is 2.88. The third-order valence-corrected chi connectivity index (χ3v) is 9.02. The number of aliphatic hydroxyl groups is 1. The van der Waals surface area contributed by atoms with Crippen LogP contribution in [0.1, 0.15) is 36.5 Å². The Morgan fingerprint density at radius 3 is 2.94 bits per heavy atom. The molecule has 2 aliphatic carbocycles. The van der Waals surface area contributed by atoms with Gasteiger partial charge in [-0.15, -0.1) is 6.58 Å². The number of nitrogens with zero attached hydrogens (tertiary/aromatic N) is 2. The lowest BCUT2D eigenvalue weighted by molar-refractivity contribution is -0.210. The maximum absolute atomic E-state index is 13.3. The molecule has 1 spiro atoms. The van der Waals surface area contributed by atoms with Gasteiger partial charge in [-0.1, -0.05) is 19.1 Å². The lowest BCUT2D eigenvalue weighted by atomic mass is 9.46. The number of likely N-dealkylation sites (tertiary alicyclic amines) is 1. The Bertz CT molecular complexity index is 1210. The predicted octanol–water partition coefficient (Wildman–Crippen LogP) is 3.11. The van der Waals surface area contributed by atoms with E-state index < -0.39 is 17.1 Å². The maximum atomic E-state index is 13.3. The van der Waals surface area contributed by atoms with E-state index in [2.05, 4.69) is 18.4 Å². The Labute approximate surface area is 205 Å². The SMILES string of the molecule is C=CCN1CC[C@]23c4c5ccc(O)c4O[C@H]2[C@@H](N(C)C(=O)/C=C/c2ccoc2)[C@H](C)C[C@@]3(O)[C@H]1C5. The van der Waals surface area contributed by atoms with Gasteiger partial charge in [-0.25, -0.2) is 0 Å². The smallest absolute Gasteiger partial charge is 0.246 e. The van der Waals surface area contributed by atoms with Gasteiger partial charge in [0.15, 0.2) is 11.5 Å². The van der Waals surface area contributed by atoms with Gasteiger partial charge in [0, 0.05) is 36.8 Å². The number of rotatable bonds is 5. The van der Waals surface area contributed by atoms with Gasteiger partial charge in [-0.2, -0.15) is 0 Å². The molecular formula is C28H32N2O5. The zero-order valence-electron chi connectivity index (χ0n) is 20.2. The number of phenols is 1. The molecule has 2 N–H and O–H groups in total. The fourth-order valence-electron chi connectivity index (χ4n) is 7.65. The molecule has 1 saturated carbocycles. The Morgan fingerprint density at radius 1 is 1.37 bits per heavy atom. The van der Waals surface area contributed by atoms with Crippen molar-refractivity contribution in [2.75, 3.05) is 20.1 Å². The van der Waals surface area contributed by atoms with E-state index in [4.69, 9.17) is 9.15 Å².